The second-order valence-corrected chi connectivity index (χ2v) is 5.48. The van der Waals surface area contributed by atoms with Gasteiger partial charge in [0.1, 0.15) is 5.82 Å². The molecule has 5 nitrogen and oxygen atoms in total. The van der Waals surface area contributed by atoms with Gasteiger partial charge in [0.15, 0.2) is 0 Å². The van der Waals surface area contributed by atoms with Crippen molar-refractivity contribution in [2.75, 3.05) is 6.54 Å². The number of aromatic nitrogens is 4. The third kappa shape index (κ3) is 2.61. The molecule has 102 valence electrons. The molecule has 0 amide bonds. The van der Waals surface area contributed by atoms with E-state index < -0.39 is 0 Å². The quantitative estimate of drug-likeness (QED) is 0.913. The summed E-state index contributed by atoms with van der Waals surface area (Å²) in [5.74, 6) is 1.76. The van der Waals surface area contributed by atoms with Gasteiger partial charge in [0, 0.05) is 23.9 Å². The Bertz CT molecular complexity index is 568. The molecule has 1 unspecified atom stereocenters. The zero-order valence-corrected chi connectivity index (χ0v) is 11.7. The normalized spacial score (nSPS) is 20.0. The van der Waals surface area contributed by atoms with Gasteiger partial charge in [-0.2, -0.15) is 0 Å². The topological polar surface area (TPSA) is 55.1 Å². The second-order valence-electron chi connectivity index (χ2n) is 5.48. The maximum atomic E-state index is 4.43. The molecule has 0 aromatic carbocycles. The molecule has 0 radical (unpaired) electrons. The first-order valence-corrected chi connectivity index (χ1v) is 7.15. The van der Waals surface area contributed by atoms with Crippen molar-refractivity contribution in [3.63, 3.8) is 0 Å². The molecule has 2 aromatic rings. The Labute approximate surface area is 113 Å². The Balaban J connectivity index is 1.77. The van der Waals surface area contributed by atoms with Crippen LogP contribution >= 0.6 is 0 Å². The van der Waals surface area contributed by atoms with Crippen molar-refractivity contribution in [1.29, 1.82) is 0 Å². The van der Waals surface area contributed by atoms with Crippen molar-refractivity contribution in [3.8, 4) is 0 Å². The summed E-state index contributed by atoms with van der Waals surface area (Å²) in [5.41, 5.74) is 2.16. The van der Waals surface area contributed by atoms with E-state index in [1.807, 2.05) is 6.92 Å². The number of nitrogens with one attached hydrogen (secondary N) is 1. The minimum Gasteiger partial charge on any atom is -0.314 e. The Morgan fingerprint density at radius 3 is 3.00 bits per heavy atom. The van der Waals surface area contributed by atoms with Gasteiger partial charge >= 0.3 is 0 Å². The number of piperidine rings is 1. The van der Waals surface area contributed by atoms with Crippen molar-refractivity contribution in [1.82, 2.24) is 24.9 Å². The highest BCUT2D eigenvalue weighted by Gasteiger charge is 2.15. The smallest absolute Gasteiger partial charge is 0.255 e. The lowest BCUT2D eigenvalue weighted by atomic mass is 10.0. The maximum Gasteiger partial charge on any atom is 0.255 e. The lowest BCUT2D eigenvalue weighted by Crippen LogP contribution is -2.34. The van der Waals surface area contributed by atoms with E-state index in [-0.39, 0.29) is 0 Å². The highest BCUT2D eigenvalue weighted by molar-refractivity contribution is 5.32. The number of fused-ring (bicyclic) bond motifs is 1. The van der Waals surface area contributed by atoms with Gasteiger partial charge in [0.25, 0.3) is 5.78 Å². The fourth-order valence-electron chi connectivity index (χ4n) is 2.93. The van der Waals surface area contributed by atoms with Gasteiger partial charge in [0.2, 0.25) is 0 Å². The minimum atomic E-state index is 0.639. The van der Waals surface area contributed by atoms with E-state index in [4.69, 9.17) is 0 Å². The molecule has 1 atom stereocenters. The molecule has 0 bridgehead atoms. The molecule has 3 rings (SSSR count). The van der Waals surface area contributed by atoms with Crippen LogP contribution in [0.1, 0.15) is 42.9 Å². The third-order valence-electron chi connectivity index (χ3n) is 3.89. The molecule has 0 saturated carbocycles. The molecular weight excluding hydrogens is 238 g/mol. The zero-order chi connectivity index (χ0) is 13.2. The lowest BCUT2D eigenvalue weighted by Gasteiger charge is -2.22. The first-order chi connectivity index (χ1) is 9.24. The third-order valence-corrected chi connectivity index (χ3v) is 3.89. The highest BCUT2D eigenvalue weighted by Crippen LogP contribution is 2.14. The summed E-state index contributed by atoms with van der Waals surface area (Å²) in [4.78, 5) is 4.43. The van der Waals surface area contributed by atoms with E-state index >= 15 is 0 Å². The highest BCUT2D eigenvalue weighted by atomic mass is 15.3. The second kappa shape index (κ2) is 5.25. The number of hydrogen-bond donors (Lipinski definition) is 1. The van der Waals surface area contributed by atoms with E-state index in [9.17, 15) is 0 Å². The Morgan fingerprint density at radius 2 is 2.21 bits per heavy atom. The van der Waals surface area contributed by atoms with Crippen molar-refractivity contribution in [3.05, 3.63) is 23.3 Å². The molecule has 1 saturated heterocycles. The van der Waals surface area contributed by atoms with Gasteiger partial charge in [-0.05, 0) is 45.7 Å². The van der Waals surface area contributed by atoms with Crippen LogP contribution in [0.15, 0.2) is 6.07 Å². The predicted molar refractivity (Wildman–Crippen MR) is 74.2 cm³/mol. The molecule has 1 aliphatic heterocycles. The van der Waals surface area contributed by atoms with Crippen LogP contribution in [0.2, 0.25) is 0 Å². The number of rotatable bonds is 3. The largest absolute Gasteiger partial charge is 0.314 e. The summed E-state index contributed by atoms with van der Waals surface area (Å²) >= 11 is 0. The predicted octanol–water partition coefficient (Wildman–Crippen LogP) is 1.82. The fraction of sp³-hybridized carbons (Fsp3) is 0.643. The SMILES string of the molecule is Cc1cc(C)n2c(CCC3CCCCN3)nnc2n1. The van der Waals surface area contributed by atoms with Crippen molar-refractivity contribution < 1.29 is 0 Å². The van der Waals surface area contributed by atoms with Gasteiger partial charge in [-0.15, -0.1) is 10.2 Å². The average molecular weight is 259 g/mol. The minimum absolute atomic E-state index is 0.639. The molecule has 5 heteroatoms. The molecule has 1 aliphatic rings. The number of hydrogen-bond acceptors (Lipinski definition) is 4. The van der Waals surface area contributed by atoms with Crippen LogP contribution in [-0.4, -0.2) is 32.2 Å². The Kier molecular flexibility index (Phi) is 3.46. The molecule has 0 aliphatic carbocycles. The average Bonchev–Trinajstić information content (AvgIpc) is 2.81. The zero-order valence-electron chi connectivity index (χ0n) is 11.7. The van der Waals surface area contributed by atoms with Gasteiger partial charge < -0.3 is 5.32 Å². The lowest BCUT2D eigenvalue weighted by molar-refractivity contribution is 0.380. The van der Waals surface area contributed by atoms with Crippen molar-refractivity contribution in [2.24, 2.45) is 0 Å². The fourth-order valence-corrected chi connectivity index (χ4v) is 2.93. The monoisotopic (exact) mass is 259 g/mol. The van der Waals surface area contributed by atoms with Crippen LogP contribution in [0.5, 0.6) is 0 Å². The first kappa shape index (κ1) is 12.5. The Morgan fingerprint density at radius 1 is 1.32 bits per heavy atom. The van der Waals surface area contributed by atoms with Gasteiger partial charge in [-0.3, -0.25) is 4.40 Å². The van der Waals surface area contributed by atoms with Crippen LogP contribution in [0.4, 0.5) is 0 Å². The maximum absolute atomic E-state index is 4.43. The van der Waals surface area contributed by atoms with E-state index in [2.05, 4.69) is 37.9 Å². The van der Waals surface area contributed by atoms with Crippen LogP contribution in [0.25, 0.3) is 5.78 Å². The summed E-state index contributed by atoms with van der Waals surface area (Å²) in [5, 5.41) is 12.1. The molecule has 1 fully saturated rings. The molecular formula is C14H21N5. The van der Waals surface area contributed by atoms with Crippen LogP contribution in [0, 0.1) is 13.8 Å². The first-order valence-electron chi connectivity index (χ1n) is 7.15. The van der Waals surface area contributed by atoms with Crippen molar-refractivity contribution >= 4 is 5.78 Å². The van der Waals surface area contributed by atoms with E-state index in [0.717, 1.165) is 36.7 Å². The van der Waals surface area contributed by atoms with Crippen LogP contribution in [-0.2, 0) is 6.42 Å². The molecule has 19 heavy (non-hydrogen) atoms. The standard InChI is InChI=1S/C14H21N5/c1-10-9-11(2)19-13(17-18-14(19)16-10)7-6-12-5-3-4-8-15-12/h9,12,15H,3-8H2,1-2H3. The molecule has 3 heterocycles. The van der Waals surface area contributed by atoms with E-state index in [0.29, 0.717) is 6.04 Å². The summed E-state index contributed by atoms with van der Waals surface area (Å²) in [6, 6.07) is 2.72. The summed E-state index contributed by atoms with van der Waals surface area (Å²) in [6.45, 7) is 5.24. The molecule has 0 spiro atoms. The van der Waals surface area contributed by atoms with Gasteiger partial charge in [-0.25, -0.2) is 4.98 Å². The summed E-state index contributed by atoms with van der Waals surface area (Å²) < 4.78 is 2.08. The molecule has 1 N–H and O–H groups in total. The van der Waals surface area contributed by atoms with Gasteiger partial charge in [0.05, 0.1) is 0 Å². The summed E-state index contributed by atoms with van der Waals surface area (Å²) in [6.07, 6.45) is 6.04. The van der Waals surface area contributed by atoms with E-state index in [1.165, 1.54) is 25.0 Å². The Hall–Kier alpha value is -1.49. The van der Waals surface area contributed by atoms with E-state index in [1.54, 1.807) is 0 Å². The summed E-state index contributed by atoms with van der Waals surface area (Å²) in [7, 11) is 0. The number of nitrogens with zero attached hydrogens (tertiary/aromatic N) is 4. The molecule has 2 aromatic heterocycles. The number of aryl methyl sites for hydroxylation is 3. The van der Waals surface area contributed by atoms with Gasteiger partial charge in [-0.1, -0.05) is 6.42 Å². The van der Waals surface area contributed by atoms with Crippen LogP contribution < -0.4 is 5.32 Å². The van der Waals surface area contributed by atoms with Crippen LogP contribution in [0.3, 0.4) is 0 Å². The van der Waals surface area contributed by atoms with Crippen molar-refractivity contribution in [2.45, 2.75) is 52.0 Å².